The van der Waals surface area contributed by atoms with Gasteiger partial charge in [-0.05, 0) is 310 Å². The monoisotopic (exact) mass is 2420 g/mol. The van der Waals surface area contributed by atoms with E-state index >= 15 is 0 Å². The summed E-state index contributed by atoms with van der Waals surface area (Å²) in [5, 5.41) is 24.2. The molecule has 23 rings (SSSR count). The van der Waals surface area contributed by atoms with Crippen LogP contribution >= 0.6 is 93.0 Å². The predicted octanol–water partition coefficient (Wildman–Crippen LogP) is 23.1. The number of ether oxygens (including phenoxy) is 7. The molecule has 0 radical (unpaired) electrons. The quantitative estimate of drug-likeness (QED) is 0.0754. The Hall–Kier alpha value is -12.3. The van der Waals surface area contributed by atoms with Crippen molar-refractivity contribution >= 4 is 195 Å². The molecule has 10 aromatic heterocycles. The van der Waals surface area contributed by atoms with E-state index in [4.69, 9.17) is 33.2 Å². The minimum Gasteiger partial charge on any atom is -0.489 e. The van der Waals surface area contributed by atoms with Gasteiger partial charge in [0.2, 0.25) is 0 Å². The second-order valence-corrected chi connectivity index (χ2v) is 45.5. The summed E-state index contributed by atoms with van der Waals surface area (Å²) in [6.45, 7) is 17.9. The lowest BCUT2D eigenvalue weighted by atomic mass is 10.0. The van der Waals surface area contributed by atoms with Crippen molar-refractivity contribution in [2.45, 2.75) is 73.3 Å². The molecular formula is C110H98Br3I2N15O13S3. The number of morpholine rings is 3. The average Bonchev–Trinajstić information content (AvgIpc) is 1.66. The normalized spacial score (nSPS) is 14.9. The molecule has 146 heavy (non-hydrogen) atoms. The predicted molar refractivity (Wildman–Crippen MR) is 596 cm³/mol. The van der Waals surface area contributed by atoms with E-state index in [9.17, 15) is 35.8 Å². The van der Waals surface area contributed by atoms with Gasteiger partial charge in [0.25, 0.3) is 30.1 Å². The number of pyridine rings is 5. The highest BCUT2D eigenvalue weighted by molar-refractivity contribution is 14.1. The Bertz CT molecular complexity index is 8270. The van der Waals surface area contributed by atoms with E-state index < -0.39 is 30.1 Å². The van der Waals surface area contributed by atoms with Gasteiger partial charge in [0.15, 0.2) is 16.9 Å². The Kier molecular flexibility index (Phi) is 32.0. The van der Waals surface area contributed by atoms with Gasteiger partial charge in [-0.1, -0.05) is 102 Å². The lowest BCUT2D eigenvalue weighted by Crippen LogP contribution is -2.36. The molecule has 8 aromatic carbocycles. The topological polar surface area (TPSA) is 335 Å². The zero-order valence-electron chi connectivity index (χ0n) is 79.5. The van der Waals surface area contributed by atoms with Crippen LogP contribution in [0.5, 0.6) is 11.5 Å². The van der Waals surface area contributed by atoms with Crippen molar-refractivity contribution in [1.29, 1.82) is 10.5 Å². The minimum atomic E-state index is -4.04. The van der Waals surface area contributed by atoms with E-state index in [1.807, 2.05) is 159 Å². The standard InChI is InChI=1S/C36H34N4O5S.C29H28N4O3.C24H22BrN3O3S.C14H10BrIN2O2S.C7H4BrIN2/c1-25-2-9-31(10-3-25)46(41,42)40-34(26-4-7-29(8-5-26)39-16-20-44-21-17-39)23-33-32(12-15-38-36(33)40)27-6-11-35(28(22-27)24-37)45-30-13-18-43-19-14-30;30-19-22-17-21(3-6-28(22)36-24-8-13-34-14-9-24)25-7-10-31-29-26(25)18-27(32-29)20-1-4-23(5-2-20)33-11-15-35-16-12-33;1-17-2-8-20(9-3-17)32(29,30)28-23(16-21-22(25)10-11-26-24(21)28)18-4-6-19(7-5-18)27-12-14-31-15-13-27;1-9-2-4-10(5-3-9)21(19,20)18-13(16)8-11-12(15)6-7-17-14(11)18;8-5-1-2-10-7-4(5)3-6(9)11-7/h2-12,15,22-23,30H,13-14,16-21H2,1H3;1-7,10,17-18,24H,8-9,11-16H2,(H,31,32);2-11,16H,12-15H2,1H3;2-8H,1H3;1-3H,(H,10,11). The molecule has 0 aliphatic carbocycles. The Labute approximate surface area is 897 Å². The fourth-order valence-corrected chi connectivity index (χ4v) is 25.5. The molecule has 744 valence electrons. The molecular weight excluding hydrogens is 2330 g/mol. The molecule has 18 aromatic rings. The molecule has 5 saturated heterocycles. The first-order chi connectivity index (χ1) is 70.8. The third kappa shape index (κ3) is 22.6. The molecule has 0 spiro atoms. The van der Waals surface area contributed by atoms with E-state index in [0.29, 0.717) is 113 Å². The number of aromatic nitrogens is 10. The molecule has 0 amide bonds. The number of hydrogen-bond acceptors (Lipinski definition) is 23. The summed E-state index contributed by atoms with van der Waals surface area (Å²) in [4.78, 5) is 36.1. The first-order valence-electron chi connectivity index (χ1n) is 47.4. The van der Waals surface area contributed by atoms with Gasteiger partial charge in [-0.15, -0.1) is 0 Å². The van der Waals surface area contributed by atoms with Gasteiger partial charge in [0.1, 0.15) is 47.1 Å². The van der Waals surface area contributed by atoms with Crippen molar-refractivity contribution in [3.63, 3.8) is 0 Å². The number of hydrogen-bond donors (Lipinski definition) is 2. The van der Waals surface area contributed by atoms with Crippen LogP contribution in [0.3, 0.4) is 0 Å². The number of nitrogens with one attached hydrogen (secondary N) is 2. The average molecular weight is 2430 g/mol. The van der Waals surface area contributed by atoms with Crippen LogP contribution in [0.15, 0.2) is 302 Å². The lowest BCUT2D eigenvalue weighted by molar-refractivity contribution is 0.0252. The summed E-state index contributed by atoms with van der Waals surface area (Å²) in [6.07, 6.45) is 11.7. The fourth-order valence-electron chi connectivity index (χ4n) is 18.1. The minimum absolute atomic E-state index is 0.00228. The van der Waals surface area contributed by atoms with Crippen LogP contribution in [-0.4, -0.2) is 190 Å². The third-order valence-corrected chi connectivity index (χ3v) is 34.8. The van der Waals surface area contributed by atoms with Crippen molar-refractivity contribution in [3.8, 4) is 79.7 Å². The van der Waals surface area contributed by atoms with Gasteiger partial charge in [-0.25, -0.2) is 62.1 Å². The van der Waals surface area contributed by atoms with Crippen LogP contribution in [0.1, 0.15) is 53.5 Å². The molecule has 36 heteroatoms. The van der Waals surface area contributed by atoms with E-state index in [-0.39, 0.29) is 26.9 Å². The molecule has 5 aliphatic rings. The number of nitrogens with zero attached hydrogens (tertiary/aromatic N) is 13. The number of aryl methyl sites for hydroxylation is 3. The van der Waals surface area contributed by atoms with E-state index in [1.165, 1.54) is 17.6 Å². The maximum atomic E-state index is 14.3. The van der Waals surface area contributed by atoms with Crippen LogP contribution in [0.2, 0.25) is 0 Å². The van der Waals surface area contributed by atoms with Crippen molar-refractivity contribution in [2.24, 2.45) is 0 Å². The maximum Gasteiger partial charge on any atom is 0.270 e. The Balaban J connectivity index is 0.000000121. The fraction of sp³-hybridized carbons (Fsp3) is 0.227. The van der Waals surface area contributed by atoms with E-state index in [0.717, 1.165) is 201 Å². The summed E-state index contributed by atoms with van der Waals surface area (Å²) >= 11 is 14.7. The number of halogens is 5. The largest absolute Gasteiger partial charge is 0.489 e. The summed E-state index contributed by atoms with van der Waals surface area (Å²) in [5.41, 5.74) is 18.5. The van der Waals surface area contributed by atoms with Gasteiger partial charge in [-0.2, -0.15) is 10.5 Å². The summed E-state index contributed by atoms with van der Waals surface area (Å²) < 4.78 is 130. The molecule has 0 unspecified atom stereocenters. The van der Waals surface area contributed by atoms with Crippen molar-refractivity contribution in [2.75, 3.05) is 120 Å². The number of rotatable bonds is 18. The maximum absolute atomic E-state index is 14.3. The molecule has 5 fully saturated rings. The highest BCUT2D eigenvalue weighted by atomic mass is 127. The van der Waals surface area contributed by atoms with Gasteiger partial charge in [0, 0.05) is 159 Å². The number of benzene rings is 8. The number of fused-ring (bicyclic) bond motifs is 5. The van der Waals surface area contributed by atoms with Crippen LogP contribution in [0.4, 0.5) is 17.1 Å². The summed E-state index contributed by atoms with van der Waals surface area (Å²) in [5.74, 6) is 1.16. The van der Waals surface area contributed by atoms with Crippen molar-refractivity contribution in [3.05, 3.63) is 322 Å². The first kappa shape index (κ1) is 102. The Morgan fingerprint density at radius 3 is 1.10 bits per heavy atom. The Morgan fingerprint density at radius 1 is 0.349 bits per heavy atom. The Morgan fingerprint density at radius 2 is 0.685 bits per heavy atom. The van der Waals surface area contributed by atoms with Gasteiger partial charge >= 0.3 is 0 Å². The van der Waals surface area contributed by atoms with Crippen LogP contribution in [0, 0.1) is 50.8 Å². The van der Waals surface area contributed by atoms with Gasteiger partial charge < -0.3 is 57.8 Å². The molecule has 5 aliphatic heterocycles. The highest BCUT2D eigenvalue weighted by Crippen LogP contribution is 2.43. The zero-order chi connectivity index (χ0) is 101. The zero-order valence-corrected chi connectivity index (χ0v) is 91.0. The second kappa shape index (κ2) is 45.6. The number of nitriles is 2. The van der Waals surface area contributed by atoms with Crippen LogP contribution < -0.4 is 24.2 Å². The molecule has 0 saturated carbocycles. The SMILES string of the molecule is Brc1ccnc2[nH]c(I)cc12.Cc1ccc(S(=O)(=O)n2c(-c3ccc(N4CCOCC4)cc3)cc3c(-c4ccc(OC5CCOCC5)c(C#N)c4)ccnc32)cc1.Cc1ccc(S(=O)(=O)n2c(-c3ccc(N4CCOCC4)cc3)cc3c(Br)ccnc32)cc1.Cc1ccc(S(=O)(=O)n2c(I)cc3c(Br)ccnc32)cc1.N#Cc1cc(-c2ccnc3[nH]c(-c4ccc(N5CCOCC5)cc4)cc23)ccc1OC1CCOCC1. The lowest BCUT2D eigenvalue weighted by Gasteiger charge is -2.28. The number of H-pyrrole nitrogens is 2. The number of anilines is 3. The van der Waals surface area contributed by atoms with Crippen LogP contribution in [-0.2, 0) is 53.8 Å². The van der Waals surface area contributed by atoms with Crippen molar-refractivity contribution < 1.29 is 58.4 Å². The van der Waals surface area contributed by atoms with E-state index in [2.05, 4.69) is 169 Å². The second-order valence-electron chi connectivity index (χ2n) is 35.3. The van der Waals surface area contributed by atoms with Crippen molar-refractivity contribution in [1.82, 2.24) is 46.8 Å². The summed E-state index contributed by atoms with van der Waals surface area (Å²) in [7, 11) is -11.6. The number of aromatic amines is 2. The molecule has 0 bridgehead atoms. The van der Waals surface area contributed by atoms with Crippen LogP contribution in [0.25, 0.3) is 111 Å². The molecule has 2 N–H and O–H groups in total. The molecule has 15 heterocycles. The third-order valence-electron chi connectivity index (χ3n) is 25.9. The summed E-state index contributed by atoms with van der Waals surface area (Å²) in [6, 6.07) is 80.2. The van der Waals surface area contributed by atoms with Gasteiger partial charge in [0.05, 0.1) is 111 Å². The van der Waals surface area contributed by atoms with E-state index in [1.54, 1.807) is 122 Å². The molecule has 28 nitrogen and oxygen atoms in total. The molecule has 0 atom stereocenters. The smallest absolute Gasteiger partial charge is 0.270 e. The highest BCUT2D eigenvalue weighted by Gasteiger charge is 2.32. The first-order valence-corrected chi connectivity index (χ1v) is 56.3. The van der Waals surface area contributed by atoms with Gasteiger partial charge in [-0.3, -0.25) is 0 Å².